The van der Waals surface area contributed by atoms with Crippen LogP contribution < -0.4 is 10.1 Å². The van der Waals surface area contributed by atoms with E-state index in [1.165, 1.54) is 5.56 Å². The van der Waals surface area contributed by atoms with E-state index in [2.05, 4.69) is 45.4 Å². The van der Waals surface area contributed by atoms with Crippen LogP contribution in [-0.2, 0) is 10.2 Å². The number of hydrogen-bond acceptors (Lipinski definition) is 5. The summed E-state index contributed by atoms with van der Waals surface area (Å²) in [5, 5.41) is 3.48. The van der Waals surface area contributed by atoms with Crippen LogP contribution in [0.2, 0.25) is 0 Å². The molecule has 2 aromatic carbocycles. The fraction of sp³-hybridized carbons (Fsp3) is 0.458. The smallest absolute Gasteiger partial charge is 0.230 e. The van der Waals surface area contributed by atoms with Gasteiger partial charge in [0, 0.05) is 61.5 Å². The third-order valence-electron chi connectivity index (χ3n) is 6.87. The molecular weight excluding hydrogens is 394 g/mol. The number of carbonyl (C=O) groups excluding carboxylic acids is 1. The SMILES string of the molecule is COc1cccc(SCC(=O)N[C@@H]2C3CN4CCN(C3)CC2(c2ccccc2)C4)c1. The van der Waals surface area contributed by atoms with Crippen LogP contribution in [0, 0.1) is 5.92 Å². The van der Waals surface area contributed by atoms with Crippen LogP contribution in [0.1, 0.15) is 5.56 Å². The van der Waals surface area contributed by atoms with Gasteiger partial charge in [-0.15, -0.1) is 11.8 Å². The van der Waals surface area contributed by atoms with E-state index in [1.54, 1.807) is 18.9 Å². The third-order valence-corrected chi connectivity index (χ3v) is 7.87. The monoisotopic (exact) mass is 423 g/mol. The maximum Gasteiger partial charge on any atom is 0.230 e. The van der Waals surface area contributed by atoms with E-state index >= 15 is 0 Å². The fourth-order valence-electron chi connectivity index (χ4n) is 5.62. The fourth-order valence-corrected chi connectivity index (χ4v) is 6.38. The van der Waals surface area contributed by atoms with Gasteiger partial charge >= 0.3 is 0 Å². The van der Waals surface area contributed by atoms with Crippen molar-refractivity contribution in [2.45, 2.75) is 16.4 Å². The van der Waals surface area contributed by atoms with Crippen LogP contribution in [0.3, 0.4) is 0 Å². The molecule has 5 nitrogen and oxygen atoms in total. The molecule has 6 rings (SSSR count). The second kappa shape index (κ2) is 8.25. The molecule has 4 aliphatic heterocycles. The Labute approximate surface area is 182 Å². The molecule has 0 radical (unpaired) electrons. The predicted molar refractivity (Wildman–Crippen MR) is 120 cm³/mol. The Bertz CT molecular complexity index is 890. The topological polar surface area (TPSA) is 44.8 Å². The first kappa shape index (κ1) is 19.9. The Hall–Kier alpha value is -2.02. The van der Waals surface area contributed by atoms with Gasteiger partial charge in [0.1, 0.15) is 5.75 Å². The van der Waals surface area contributed by atoms with E-state index in [0.717, 1.165) is 49.9 Å². The number of thioether (sulfide) groups is 1. The number of nitrogens with zero attached hydrogens (tertiary/aromatic N) is 2. The lowest BCUT2D eigenvalue weighted by atomic mass is 9.64. The van der Waals surface area contributed by atoms with Crippen molar-refractivity contribution in [1.82, 2.24) is 15.1 Å². The first-order chi connectivity index (χ1) is 14.7. The quantitative estimate of drug-likeness (QED) is 0.724. The van der Waals surface area contributed by atoms with E-state index in [-0.39, 0.29) is 17.4 Å². The normalized spacial score (nSPS) is 31.9. The summed E-state index contributed by atoms with van der Waals surface area (Å²) in [6, 6.07) is 18.9. The van der Waals surface area contributed by atoms with E-state index < -0.39 is 0 Å². The minimum atomic E-state index is -0.0325. The van der Waals surface area contributed by atoms with Crippen molar-refractivity contribution in [3.63, 3.8) is 0 Å². The summed E-state index contributed by atoms with van der Waals surface area (Å²) in [7, 11) is 1.67. The molecule has 0 aliphatic carbocycles. The molecule has 6 heteroatoms. The van der Waals surface area contributed by atoms with Crippen molar-refractivity contribution >= 4 is 17.7 Å². The highest BCUT2D eigenvalue weighted by molar-refractivity contribution is 8.00. The molecule has 0 aromatic heterocycles. The summed E-state index contributed by atoms with van der Waals surface area (Å²) < 4.78 is 5.30. The van der Waals surface area contributed by atoms with Crippen molar-refractivity contribution < 1.29 is 9.53 Å². The van der Waals surface area contributed by atoms with Crippen molar-refractivity contribution in [3.8, 4) is 5.75 Å². The van der Waals surface area contributed by atoms with Gasteiger partial charge in [0.05, 0.1) is 12.9 Å². The highest BCUT2D eigenvalue weighted by Crippen LogP contribution is 2.43. The van der Waals surface area contributed by atoms with Crippen molar-refractivity contribution in [2.24, 2.45) is 5.92 Å². The van der Waals surface area contributed by atoms with E-state index in [1.807, 2.05) is 24.3 Å². The first-order valence-corrected chi connectivity index (χ1v) is 11.7. The van der Waals surface area contributed by atoms with Crippen molar-refractivity contribution in [1.29, 1.82) is 0 Å². The Morgan fingerprint density at radius 1 is 1.10 bits per heavy atom. The van der Waals surface area contributed by atoms with Crippen LogP contribution in [0.15, 0.2) is 59.5 Å². The van der Waals surface area contributed by atoms with Gasteiger partial charge in [-0.05, 0) is 23.8 Å². The molecule has 30 heavy (non-hydrogen) atoms. The van der Waals surface area contributed by atoms with Crippen molar-refractivity contribution in [3.05, 3.63) is 60.2 Å². The summed E-state index contributed by atoms with van der Waals surface area (Å²) in [6.07, 6.45) is 0. The number of methoxy groups -OCH3 is 1. The molecule has 4 saturated heterocycles. The number of piperidine rings is 2. The highest BCUT2D eigenvalue weighted by atomic mass is 32.2. The number of carbonyl (C=O) groups is 1. The highest BCUT2D eigenvalue weighted by Gasteiger charge is 2.55. The number of fused-ring (bicyclic) bond motifs is 1. The minimum absolute atomic E-state index is 0.0325. The van der Waals surface area contributed by atoms with E-state index in [4.69, 9.17) is 4.74 Å². The van der Waals surface area contributed by atoms with Crippen molar-refractivity contribution in [2.75, 3.05) is 52.1 Å². The summed E-state index contributed by atoms with van der Waals surface area (Å²) in [6.45, 7) is 6.49. The average molecular weight is 424 g/mol. The van der Waals surface area contributed by atoms with Gasteiger partial charge in [-0.2, -0.15) is 0 Å². The maximum atomic E-state index is 13.0. The standard InChI is InChI=1S/C24H29N3O2S/c1-29-20-8-5-9-21(12-20)30-15-22(28)25-23-18-13-26-10-11-27(14-18)17-24(23,16-26)19-6-3-2-4-7-19/h2-9,12,18,23H,10-11,13-17H2,1H3,(H,25,28)/t18?,23-,24?/m1/s1. The molecule has 1 amide bonds. The van der Waals surface area contributed by atoms with Crippen LogP contribution in [0.4, 0.5) is 0 Å². The third kappa shape index (κ3) is 3.72. The zero-order valence-corrected chi connectivity index (χ0v) is 18.2. The van der Waals surface area contributed by atoms with Crippen LogP contribution >= 0.6 is 11.8 Å². The predicted octanol–water partition coefficient (Wildman–Crippen LogP) is 2.47. The largest absolute Gasteiger partial charge is 0.497 e. The van der Waals surface area contributed by atoms with Crippen LogP contribution in [0.25, 0.3) is 0 Å². The van der Waals surface area contributed by atoms with Gasteiger partial charge in [-0.25, -0.2) is 0 Å². The zero-order chi connectivity index (χ0) is 20.6. The summed E-state index contributed by atoms with van der Waals surface area (Å²) in [5.74, 6) is 1.85. The summed E-state index contributed by atoms with van der Waals surface area (Å²) in [4.78, 5) is 19.3. The Morgan fingerprint density at radius 3 is 2.53 bits per heavy atom. The number of amides is 1. The zero-order valence-electron chi connectivity index (χ0n) is 17.4. The van der Waals surface area contributed by atoms with E-state index in [9.17, 15) is 4.79 Å². The summed E-state index contributed by atoms with van der Waals surface area (Å²) >= 11 is 1.57. The second-order valence-electron chi connectivity index (χ2n) is 8.77. The molecule has 3 atom stereocenters. The molecule has 4 fully saturated rings. The molecule has 4 heterocycles. The number of ether oxygens (including phenoxy) is 1. The van der Waals surface area contributed by atoms with Crippen LogP contribution in [-0.4, -0.2) is 73.9 Å². The first-order valence-electron chi connectivity index (χ1n) is 10.7. The van der Waals surface area contributed by atoms with Gasteiger partial charge in [0.25, 0.3) is 0 Å². The van der Waals surface area contributed by atoms with Gasteiger partial charge in [0.2, 0.25) is 5.91 Å². The molecule has 4 aliphatic rings. The molecule has 2 aromatic rings. The lowest BCUT2D eigenvalue weighted by Gasteiger charge is -2.55. The number of nitrogens with one attached hydrogen (secondary N) is 1. The van der Waals surface area contributed by atoms with Gasteiger partial charge in [-0.1, -0.05) is 36.4 Å². The maximum absolute atomic E-state index is 13.0. The van der Waals surface area contributed by atoms with Gasteiger partial charge in [0.15, 0.2) is 0 Å². The average Bonchev–Trinajstić information content (AvgIpc) is 3.03. The Balaban J connectivity index is 1.35. The lowest BCUT2D eigenvalue weighted by Crippen LogP contribution is -2.70. The van der Waals surface area contributed by atoms with Gasteiger partial charge < -0.3 is 19.9 Å². The summed E-state index contributed by atoms with van der Waals surface area (Å²) in [5.41, 5.74) is 1.33. The molecule has 1 N–H and O–H groups in total. The number of hydrogen-bond donors (Lipinski definition) is 1. The Morgan fingerprint density at radius 2 is 1.83 bits per heavy atom. The molecule has 4 bridgehead atoms. The molecular formula is C24H29N3O2S. The van der Waals surface area contributed by atoms with Gasteiger partial charge in [-0.3, -0.25) is 4.79 Å². The molecule has 158 valence electrons. The molecule has 0 spiro atoms. The van der Waals surface area contributed by atoms with Crippen LogP contribution in [0.5, 0.6) is 5.75 Å². The number of rotatable bonds is 6. The minimum Gasteiger partial charge on any atom is -0.497 e. The van der Waals surface area contributed by atoms with E-state index in [0.29, 0.717) is 11.7 Å². The molecule has 0 saturated carbocycles. The number of benzene rings is 2. The lowest BCUT2D eigenvalue weighted by molar-refractivity contribution is -0.121. The second-order valence-corrected chi connectivity index (χ2v) is 9.81. The Kier molecular flexibility index (Phi) is 5.48. The molecule has 2 unspecified atom stereocenters.